The first kappa shape index (κ1) is 15.8. The van der Waals surface area contributed by atoms with Gasteiger partial charge in [0.1, 0.15) is 0 Å². The lowest BCUT2D eigenvalue weighted by Gasteiger charge is -2.26. The minimum Gasteiger partial charge on any atom is -0.481 e. The summed E-state index contributed by atoms with van der Waals surface area (Å²) in [5, 5.41) is 9.15. The molecule has 1 heterocycles. The first-order chi connectivity index (χ1) is 10.4. The van der Waals surface area contributed by atoms with Crippen molar-refractivity contribution >= 4 is 17.6 Å². The maximum Gasteiger partial charge on any atom is 0.308 e. The Morgan fingerprint density at radius 2 is 1.95 bits per heavy atom. The standard InChI is InChI=1S/C17H19NO4/c1-11-6-4-7-14(13(11)3)18(10-12(2)17(20)21)16(19)15-8-5-9-22-15/h4-9,12H,10H2,1-3H3,(H,20,21). The second kappa shape index (κ2) is 6.47. The van der Waals surface area contributed by atoms with Gasteiger partial charge in [-0.25, -0.2) is 0 Å². The van der Waals surface area contributed by atoms with Crippen LogP contribution in [0.1, 0.15) is 28.6 Å². The summed E-state index contributed by atoms with van der Waals surface area (Å²) < 4.78 is 5.17. The van der Waals surface area contributed by atoms with Gasteiger partial charge in [-0.1, -0.05) is 19.1 Å². The molecule has 0 bridgehead atoms. The van der Waals surface area contributed by atoms with E-state index in [4.69, 9.17) is 9.52 Å². The summed E-state index contributed by atoms with van der Waals surface area (Å²) in [5.41, 5.74) is 2.69. The van der Waals surface area contributed by atoms with Crippen LogP contribution in [0.2, 0.25) is 0 Å². The van der Waals surface area contributed by atoms with Crippen LogP contribution in [0.4, 0.5) is 5.69 Å². The molecule has 0 aliphatic rings. The molecule has 1 atom stereocenters. The molecular weight excluding hydrogens is 282 g/mol. The van der Waals surface area contributed by atoms with E-state index in [9.17, 15) is 9.59 Å². The number of aryl methyl sites for hydroxylation is 1. The molecule has 2 rings (SSSR count). The predicted molar refractivity (Wildman–Crippen MR) is 83.1 cm³/mol. The fourth-order valence-corrected chi connectivity index (χ4v) is 2.20. The van der Waals surface area contributed by atoms with Gasteiger partial charge in [0.25, 0.3) is 5.91 Å². The Morgan fingerprint density at radius 1 is 1.23 bits per heavy atom. The number of carboxylic acid groups (broad SMARTS) is 1. The van der Waals surface area contributed by atoms with Gasteiger partial charge in [0.05, 0.1) is 12.2 Å². The van der Waals surface area contributed by atoms with Gasteiger partial charge in [-0.15, -0.1) is 0 Å². The van der Waals surface area contributed by atoms with E-state index in [2.05, 4.69) is 0 Å². The smallest absolute Gasteiger partial charge is 0.308 e. The number of amides is 1. The van der Waals surface area contributed by atoms with Crippen LogP contribution in [0.5, 0.6) is 0 Å². The molecule has 0 aliphatic heterocycles. The molecular formula is C17H19NO4. The number of hydrogen-bond donors (Lipinski definition) is 1. The Labute approximate surface area is 129 Å². The third-order valence-corrected chi connectivity index (χ3v) is 3.72. The highest BCUT2D eigenvalue weighted by Crippen LogP contribution is 2.25. The van der Waals surface area contributed by atoms with Crippen LogP contribution < -0.4 is 4.90 Å². The maximum absolute atomic E-state index is 12.7. The first-order valence-electron chi connectivity index (χ1n) is 7.06. The molecule has 116 valence electrons. The maximum atomic E-state index is 12.7. The molecule has 0 fully saturated rings. The quantitative estimate of drug-likeness (QED) is 0.920. The monoisotopic (exact) mass is 301 g/mol. The molecule has 1 aromatic heterocycles. The van der Waals surface area contributed by atoms with Gasteiger partial charge in [-0.05, 0) is 43.2 Å². The molecule has 5 heteroatoms. The van der Waals surface area contributed by atoms with E-state index in [1.807, 2.05) is 32.0 Å². The largest absolute Gasteiger partial charge is 0.481 e. The minimum atomic E-state index is -0.942. The normalized spacial score (nSPS) is 12.0. The molecule has 1 aromatic carbocycles. The van der Waals surface area contributed by atoms with E-state index in [1.165, 1.54) is 11.2 Å². The zero-order chi connectivity index (χ0) is 16.3. The van der Waals surface area contributed by atoms with Crippen molar-refractivity contribution in [2.75, 3.05) is 11.4 Å². The Bertz CT molecular complexity index is 676. The summed E-state index contributed by atoms with van der Waals surface area (Å²) in [4.78, 5) is 25.3. The number of carbonyl (C=O) groups excluding carboxylic acids is 1. The number of anilines is 1. The van der Waals surface area contributed by atoms with Gasteiger partial charge in [-0.3, -0.25) is 9.59 Å². The number of nitrogens with zero attached hydrogens (tertiary/aromatic N) is 1. The Balaban J connectivity index is 2.43. The average Bonchev–Trinajstić information content (AvgIpc) is 3.01. The van der Waals surface area contributed by atoms with Crippen molar-refractivity contribution in [2.45, 2.75) is 20.8 Å². The number of benzene rings is 1. The van der Waals surface area contributed by atoms with E-state index < -0.39 is 11.9 Å². The van der Waals surface area contributed by atoms with Gasteiger partial charge in [0.2, 0.25) is 0 Å². The van der Waals surface area contributed by atoms with Crippen LogP contribution in [-0.2, 0) is 4.79 Å². The number of hydrogen-bond acceptors (Lipinski definition) is 3. The zero-order valence-electron chi connectivity index (χ0n) is 12.9. The second-order valence-electron chi connectivity index (χ2n) is 5.35. The van der Waals surface area contributed by atoms with Crippen molar-refractivity contribution in [3.8, 4) is 0 Å². The van der Waals surface area contributed by atoms with Gasteiger partial charge in [0.15, 0.2) is 5.76 Å². The third-order valence-electron chi connectivity index (χ3n) is 3.72. The van der Waals surface area contributed by atoms with Crippen LogP contribution in [0.15, 0.2) is 41.0 Å². The topological polar surface area (TPSA) is 70.8 Å². The van der Waals surface area contributed by atoms with Crippen LogP contribution in [0, 0.1) is 19.8 Å². The van der Waals surface area contributed by atoms with E-state index in [0.29, 0.717) is 5.69 Å². The number of furan rings is 1. The summed E-state index contributed by atoms with van der Waals surface area (Å²) in [6, 6.07) is 8.83. The molecule has 0 saturated heterocycles. The van der Waals surface area contributed by atoms with Crippen molar-refractivity contribution in [3.63, 3.8) is 0 Å². The van der Waals surface area contributed by atoms with Crippen molar-refractivity contribution in [1.82, 2.24) is 0 Å². The van der Waals surface area contributed by atoms with E-state index in [1.54, 1.807) is 19.1 Å². The van der Waals surface area contributed by atoms with Gasteiger partial charge < -0.3 is 14.4 Å². The lowest BCUT2D eigenvalue weighted by Crippen LogP contribution is -2.37. The van der Waals surface area contributed by atoms with Crippen LogP contribution >= 0.6 is 0 Å². The summed E-state index contributed by atoms with van der Waals surface area (Å²) in [6.45, 7) is 5.53. The van der Waals surface area contributed by atoms with Gasteiger partial charge in [0, 0.05) is 12.2 Å². The number of carbonyl (C=O) groups is 2. The Kier molecular flexibility index (Phi) is 4.65. The molecule has 0 spiro atoms. The predicted octanol–water partition coefficient (Wildman–Crippen LogP) is 3.26. The van der Waals surface area contributed by atoms with E-state index in [-0.39, 0.29) is 18.2 Å². The molecule has 5 nitrogen and oxygen atoms in total. The molecule has 1 N–H and O–H groups in total. The fraction of sp³-hybridized carbons (Fsp3) is 0.294. The zero-order valence-corrected chi connectivity index (χ0v) is 12.9. The van der Waals surface area contributed by atoms with Crippen molar-refractivity contribution in [1.29, 1.82) is 0 Å². The van der Waals surface area contributed by atoms with Gasteiger partial charge >= 0.3 is 5.97 Å². The van der Waals surface area contributed by atoms with Crippen molar-refractivity contribution in [3.05, 3.63) is 53.5 Å². The molecule has 0 radical (unpaired) electrons. The highest BCUT2D eigenvalue weighted by atomic mass is 16.4. The number of aliphatic carboxylic acids is 1. The van der Waals surface area contributed by atoms with Crippen molar-refractivity contribution < 1.29 is 19.1 Å². The average molecular weight is 301 g/mol. The molecule has 2 aromatic rings. The summed E-state index contributed by atoms with van der Waals surface area (Å²) in [6.07, 6.45) is 1.43. The summed E-state index contributed by atoms with van der Waals surface area (Å²) in [5.74, 6) is -1.77. The lowest BCUT2D eigenvalue weighted by atomic mass is 10.1. The molecule has 0 aliphatic carbocycles. The Morgan fingerprint density at radius 3 is 2.55 bits per heavy atom. The highest BCUT2D eigenvalue weighted by Gasteiger charge is 2.26. The number of carboxylic acids is 1. The molecule has 1 unspecified atom stereocenters. The third kappa shape index (κ3) is 3.19. The first-order valence-corrected chi connectivity index (χ1v) is 7.06. The summed E-state index contributed by atoms with van der Waals surface area (Å²) in [7, 11) is 0. The second-order valence-corrected chi connectivity index (χ2v) is 5.35. The fourth-order valence-electron chi connectivity index (χ4n) is 2.20. The van der Waals surface area contributed by atoms with Crippen LogP contribution in [-0.4, -0.2) is 23.5 Å². The highest BCUT2D eigenvalue weighted by molar-refractivity contribution is 6.05. The molecule has 22 heavy (non-hydrogen) atoms. The van der Waals surface area contributed by atoms with Gasteiger partial charge in [-0.2, -0.15) is 0 Å². The minimum absolute atomic E-state index is 0.0825. The molecule has 1 amide bonds. The van der Waals surface area contributed by atoms with Crippen molar-refractivity contribution in [2.24, 2.45) is 5.92 Å². The SMILES string of the molecule is Cc1cccc(N(CC(C)C(=O)O)C(=O)c2ccco2)c1C. The lowest BCUT2D eigenvalue weighted by molar-refractivity contribution is -0.140. The summed E-state index contributed by atoms with van der Waals surface area (Å²) >= 11 is 0. The van der Waals surface area contributed by atoms with Crippen LogP contribution in [0.25, 0.3) is 0 Å². The van der Waals surface area contributed by atoms with E-state index >= 15 is 0 Å². The Hall–Kier alpha value is -2.56. The van der Waals surface area contributed by atoms with Crippen LogP contribution in [0.3, 0.4) is 0 Å². The number of rotatable bonds is 5. The molecule has 0 saturated carbocycles. The van der Waals surface area contributed by atoms with E-state index in [0.717, 1.165) is 11.1 Å².